The monoisotopic (exact) mass is 502 g/mol. The molecule has 0 saturated carbocycles. The molecule has 2 saturated heterocycles. The van der Waals surface area contributed by atoms with Crippen molar-refractivity contribution in [2.75, 3.05) is 63.1 Å². The molecule has 3 aromatic heterocycles. The number of nitrogens with two attached hydrogens (primary N) is 1. The van der Waals surface area contributed by atoms with Crippen molar-refractivity contribution < 1.29 is 13.9 Å². The van der Waals surface area contributed by atoms with Gasteiger partial charge in [-0.2, -0.15) is 4.52 Å². The number of anilines is 2. The fraction of sp³-hybridized carbons (Fsp3) is 0.385. The Labute approximate surface area is 214 Å². The van der Waals surface area contributed by atoms with Gasteiger partial charge in [0.15, 0.2) is 11.4 Å². The number of rotatable bonds is 5. The summed E-state index contributed by atoms with van der Waals surface area (Å²) in [5, 5.41) is 4.42. The van der Waals surface area contributed by atoms with Gasteiger partial charge in [0.25, 0.3) is 0 Å². The smallest absolute Gasteiger partial charge is 0.236 e. The summed E-state index contributed by atoms with van der Waals surface area (Å²) in [6.45, 7) is 7.78. The number of ether oxygens (including phenoxy) is 1. The number of furan rings is 1. The summed E-state index contributed by atoms with van der Waals surface area (Å²) >= 11 is 0. The number of nitrogen functional groups attached to an aromatic ring is 1. The summed E-state index contributed by atoms with van der Waals surface area (Å²) in [7, 11) is 0. The largest absolute Gasteiger partial charge is 0.461 e. The maximum absolute atomic E-state index is 12.9. The Kier molecular flexibility index (Phi) is 6.23. The lowest BCUT2D eigenvalue weighted by Crippen LogP contribution is -2.53. The van der Waals surface area contributed by atoms with E-state index in [0.29, 0.717) is 43.5 Å². The van der Waals surface area contributed by atoms with Crippen LogP contribution in [0.4, 0.5) is 11.6 Å². The summed E-state index contributed by atoms with van der Waals surface area (Å²) in [6.07, 6.45) is 1.76. The summed E-state index contributed by atoms with van der Waals surface area (Å²) in [5.41, 5.74) is 9.57. The van der Waals surface area contributed by atoms with Crippen LogP contribution in [0.2, 0.25) is 0 Å². The molecule has 1 atom stereocenters. The molecule has 0 aliphatic carbocycles. The van der Waals surface area contributed by atoms with E-state index in [9.17, 15) is 4.79 Å². The molecule has 2 aliphatic rings. The van der Waals surface area contributed by atoms with Crippen molar-refractivity contribution in [1.82, 2.24) is 29.4 Å². The first-order valence-electron chi connectivity index (χ1n) is 12.6. The van der Waals surface area contributed by atoms with Gasteiger partial charge in [-0.25, -0.2) is 9.97 Å². The number of benzene rings is 1. The van der Waals surface area contributed by atoms with E-state index >= 15 is 0 Å². The predicted octanol–water partition coefficient (Wildman–Crippen LogP) is 2.00. The maximum Gasteiger partial charge on any atom is 0.236 e. The first-order valence-corrected chi connectivity index (χ1v) is 12.6. The van der Waals surface area contributed by atoms with Gasteiger partial charge in [0, 0.05) is 56.6 Å². The zero-order valence-corrected chi connectivity index (χ0v) is 20.8. The van der Waals surface area contributed by atoms with Crippen LogP contribution < -0.4 is 10.6 Å². The Morgan fingerprint density at radius 2 is 1.95 bits per heavy atom. The van der Waals surface area contributed by atoms with E-state index in [2.05, 4.69) is 43.9 Å². The number of aromatic nitrogens is 4. The highest BCUT2D eigenvalue weighted by atomic mass is 16.5. The normalized spacial score (nSPS) is 19.0. The van der Waals surface area contributed by atoms with E-state index in [-0.39, 0.29) is 18.0 Å². The molecule has 1 amide bonds. The van der Waals surface area contributed by atoms with Gasteiger partial charge < -0.3 is 24.7 Å². The van der Waals surface area contributed by atoms with Crippen LogP contribution in [-0.2, 0) is 9.53 Å². The minimum absolute atomic E-state index is 0.180. The second-order valence-electron chi connectivity index (χ2n) is 9.52. The van der Waals surface area contributed by atoms with Crippen LogP contribution in [0.1, 0.15) is 6.92 Å². The molecule has 5 heterocycles. The SMILES string of the molecule is CC1CN(CC(=O)N2CCN(c3cccc(-c4cc5nc(-c6ccco6)nn5c(N)n4)c3)CC2)CCO1. The van der Waals surface area contributed by atoms with E-state index in [1.165, 1.54) is 4.52 Å². The van der Waals surface area contributed by atoms with Crippen molar-refractivity contribution in [2.45, 2.75) is 13.0 Å². The minimum Gasteiger partial charge on any atom is -0.461 e. The lowest BCUT2D eigenvalue weighted by molar-refractivity contribution is -0.134. The molecule has 1 aromatic carbocycles. The quantitative estimate of drug-likeness (QED) is 0.437. The Balaban J connectivity index is 1.14. The van der Waals surface area contributed by atoms with Crippen LogP contribution in [0.5, 0.6) is 0 Å². The molecule has 11 nitrogen and oxygen atoms in total. The van der Waals surface area contributed by atoms with Gasteiger partial charge in [0.05, 0.1) is 31.2 Å². The molecular weight excluding hydrogens is 472 g/mol. The van der Waals surface area contributed by atoms with E-state index in [4.69, 9.17) is 14.9 Å². The number of fused-ring (bicyclic) bond motifs is 1. The summed E-state index contributed by atoms with van der Waals surface area (Å²) in [4.78, 5) is 28.5. The van der Waals surface area contributed by atoms with Gasteiger partial charge in [-0.3, -0.25) is 9.69 Å². The average molecular weight is 503 g/mol. The highest BCUT2D eigenvalue weighted by Gasteiger charge is 2.25. The molecule has 0 bridgehead atoms. The van der Waals surface area contributed by atoms with Crippen molar-refractivity contribution in [3.05, 3.63) is 48.7 Å². The second-order valence-corrected chi connectivity index (χ2v) is 9.52. The van der Waals surface area contributed by atoms with Gasteiger partial charge >= 0.3 is 0 Å². The van der Waals surface area contributed by atoms with E-state index in [1.54, 1.807) is 18.4 Å². The fourth-order valence-corrected chi connectivity index (χ4v) is 4.97. The van der Waals surface area contributed by atoms with Crippen molar-refractivity contribution in [2.24, 2.45) is 0 Å². The third kappa shape index (κ3) is 4.87. The molecule has 6 rings (SSSR count). The Bertz CT molecular complexity index is 1390. The number of amides is 1. The van der Waals surface area contributed by atoms with Gasteiger partial charge in [-0.05, 0) is 31.2 Å². The van der Waals surface area contributed by atoms with Gasteiger partial charge in [-0.15, -0.1) is 5.10 Å². The predicted molar refractivity (Wildman–Crippen MR) is 139 cm³/mol. The Hall–Kier alpha value is -3.96. The molecule has 1 unspecified atom stereocenters. The lowest BCUT2D eigenvalue weighted by atomic mass is 10.1. The lowest BCUT2D eigenvalue weighted by Gasteiger charge is -2.38. The summed E-state index contributed by atoms with van der Waals surface area (Å²) in [5.74, 6) is 1.48. The van der Waals surface area contributed by atoms with Crippen LogP contribution in [0.15, 0.2) is 53.1 Å². The molecule has 2 aliphatic heterocycles. The van der Waals surface area contributed by atoms with Gasteiger partial charge in [0.1, 0.15) is 0 Å². The topological polar surface area (TPSA) is 118 Å². The highest BCUT2D eigenvalue weighted by molar-refractivity contribution is 5.78. The zero-order chi connectivity index (χ0) is 25.4. The molecule has 4 aromatic rings. The number of carbonyl (C=O) groups is 1. The minimum atomic E-state index is 0.180. The van der Waals surface area contributed by atoms with Crippen LogP contribution in [0, 0.1) is 0 Å². The highest BCUT2D eigenvalue weighted by Crippen LogP contribution is 2.27. The van der Waals surface area contributed by atoms with Crippen LogP contribution in [0.25, 0.3) is 28.5 Å². The summed E-state index contributed by atoms with van der Waals surface area (Å²) in [6, 6.07) is 13.7. The maximum atomic E-state index is 12.9. The van der Waals surface area contributed by atoms with Crippen molar-refractivity contribution in [3.8, 4) is 22.8 Å². The van der Waals surface area contributed by atoms with Crippen molar-refractivity contribution in [1.29, 1.82) is 0 Å². The average Bonchev–Trinajstić information content (AvgIpc) is 3.59. The molecule has 2 fully saturated rings. The van der Waals surface area contributed by atoms with Crippen molar-refractivity contribution >= 4 is 23.2 Å². The second kappa shape index (κ2) is 9.83. The zero-order valence-electron chi connectivity index (χ0n) is 20.8. The number of hydrogen-bond acceptors (Lipinski definition) is 9. The standard InChI is InChI=1S/C26H30N8O3/c1-18-16-31(11-13-36-18)17-24(35)33-9-7-32(8-10-33)20-5-2-4-19(14-20)21-15-23-29-25(22-6-3-12-37-22)30-34(23)26(27)28-21/h2-6,12,14-15,18H,7-11,13,16-17H2,1H3,(H2,27,28). The molecule has 2 N–H and O–H groups in total. The first kappa shape index (κ1) is 23.4. The molecule has 11 heteroatoms. The van der Waals surface area contributed by atoms with Gasteiger partial charge in [-0.1, -0.05) is 12.1 Å². The first-order chi connectivity index (χ1) is 18.0. The van der Waals surface area contributed by atoms with Gasteiger partial charge in [0.2, 0.25) is 17.7 Å². The molecule has 0 radical (unpaired) electrons. The third-order valence-electron chi connectivity index (χ3n) is 6.92. The number of morpholine rings is 1. The van der Waals surface area contributed by atoms with E-state index < -0.39 is 0 Å². The molecule has 192 valence electrons. The van der Waals surface area contributed by atoms with Crippen LogP contribution >= 0.6 is 0 Å². The van der Waals surface area contributed by atoms with Crippen LogP contribution in [0.3, 0.4) is 0 Å². The number of hydrogen-bond donors (Lipinski definition) is 1. The molecule has 37 heavy (non-hydrogen) atoms. The third-order valence-corrected chi connectivity index (χ3v) is 6.92. The number of nitrogens with zero attached hydrogens (tertiary/aromatic N) is 7. The number of piperazine rings is 1. The molecular formula is C26H30N8O3. The van der Waals surface area contributed by atoms with Crippen molar-refractivity contribution in [3.63, 3.8) is 0 Å². The van der Waals surface area contributed by atoms with E-state index in [1.807, 2.05) is 23.1 Å². The summed E-state index contributed by atoms with van der Waals surface area (Å²) < 4.78 is 12.5. The Morgan fingerprint density at radius 1 is 1.08 bits per heavy atom. The molecule has 0 spiro atoms. The van der Waals surface area contributed by atoms with E-state index in [0.717, 1.165) is 43.1 Å². The fourth-order valence-electron chi connectivity index (χ4n) is 4.97. The van der Waals surface area contributed by atoms with Crippen LogP contribution in [-0.4, -0.2) is 93.8 Å². The Morgan fingerprint density at radius 3 is 2.73 bits per heavy atom. The number of carbonyl (C=O) groups excluding carboxylic acids is 1.